The van der Waals surface area contributed by atoms with Crippen LogP contribution in [0.5, 0.6) is 0 Å². The third-order valence-corrected chi connectivity index (χ3v) is 4.20. The predicted octanol–water partition coefficient (Wildman–Crippen LogP) is 2.94. The van der Waals surface area contributed by atoms with Gasteiger partial charge in [0.2, 0.25) is 0 Å². The summed E-state index contributed by atoms with van der Waals surface area (Å²) in [4.78, 5) is 5.25. The lowest BCUT2D eigenvalue weighted by Gasteiger charge is -2.09. The lowest BCUT2D eigenvalue weighted by molar-refractivity contribution is 0.626. The molecule has 0 aliphatic heterocycles. The molecule has 0 radical (unpaired) electrons. The Kier molecular flexibility index (Phi) is 4.53. The van der Waals surface area contributed by atoms with Gasteiger partial charge >= 0.3 is 0 Å². The van der Waals surface area contributed by atoms with Gasteiger partial charge in [0.25, 0.3) is 0 Å². The molecule has 0 aliphatic rings. The summed E-state index contributed by atoms with van der Waals surface area (Å²) in [5.74, 6) is 0.604. The summed E-state index contributed by atoms with van der Waals surface area (Å²) in [5.41, 5.74) is 6.01. The highest BCUT2D eigenvalue weighted by Crippen LogP contribution is 2.19. The molecule has 0 saturated carbocycles. The summed E-state index contributed by atoms with van der Waals surface area (Å²) in [5, 5.41) is 3.02. The molecule has 1 aromatic heterocycles. The van der Waals surface area contributed by atoms with Crippen molar-refractivity contribution in [2.45, 2.75) is 17.4 Å². The van der Waals surface area contributed by atoms with Crippen LogP contribution in [0.1, 0.15) is 5.01 Å². The van der Waals surface area contributed by atoms with E-state index < -0.39 is 0 Å². The first-order valence-electron chi connectivity index (χ1n) is 5.26. The van der Waals surface area contributed by atoms with Gasteiger partial charge in [-0.05, 0) is 24.3 Å². The predicted molar refractivity (Wildman–Crippen MR) is 70.9 cm³/mol. The van der Waals surface area contributed by atoms with Crippen LogP contribution in [0.2, 0.25) is 0 Å². The van der Waals surface area contributed by atoms with Crippen molar-refractivity contribution in [2.75, 3.05) is 5.75 Å². The van der Waals surface area contributed by atoms with E-state index in [1.807, 2.05) is 5.38 Å². The van der Waals surface area contributed by atoms with Crippen LogP contribution in [-0.4, -0.2) is 16.8 Å². The Morgan fingerprint density at radius 3 is 2.76 bits per heavy atom. The second-order valence-electron chi connectivity index (χ2n) is 3.65. The molecule has 0 bridgehead atoms. The lowest BCUT2D eigenvalue weighted by atomic mass is 10.3. The highest BCUT2D eigenvalue weighted by molar-refractivity contribution is 7.99. The van der Waals surface area contributed by atoms with Crippen LogP contribution in [0, 0.1) is 5.82 Å². The molecular formula is C12H13FN2S2. The molecule has 1 heterocycles. The van der Waals surface area contributed by atoms with Crippen LogP contribution in [0.3, 0.4) is 0 Å². The molecule has 17 heavy (non-hydrogen) atoms. The molecule has 1 atom stereocenters. The minimum absolute atomic E-state index is 0.0798. The number of rotatable bonds is 5. The van der Waals surface area contributed by atoms with Crippen molar-refractivity contribution in [1.82, 2.24) is 4.98 Å². The summed E-state index contributed by atoms with van der Waals surface area (Å²) in [6.45, 7) is 0. The Balaban J connectivity index is 1.79. The topological polar surface area (TPSA) is 38.9 Å². The minimum Gasteiger partial charge on any atom is -0.327 e. The molecule has 0 amide bonds. The maximum Gasteiger partial charge on any atom is 0.123 e. The lowest BCUT2D eigenvalue weighted by Crippen LogP contribution is -2.25. The zero-order valence-corrected chi connectivity index (χ0v) is 10.8. The number of hydrogen-bond donors (Lipinski definition) is 1. The normalized spacial score (nSPS) is 12.6. The standard InChI is InChI=1S/C12H13FN2S2/c13-9-1-3-11(4-2-9)17-8-10(14)7-12-15-5-6-16-12/h1-6,10H,7-8,14H2. The number of aromatic nitrogens is 1. The summed E-state index contributed by atoms with van der Waals surface area (Å²) < 4.78 is 12.7. The third-order valence-electron chi connectivity index (χ3n) is 2.20. The van der Waals surface area contributed by atoms with Gasteiger partial charge in [-0.2, -0.15) is 0 Å². The Hall–Kier alpha value is -0.910. The van der Waals surface area contributed by atoms with Gasteiger partial charge in [-0.15, -0.1) is 23.1 Å². The average Bonchev–Trinajstić information content (AvgIpc) is 2.81. The number of halogens is 1. The van der Waals surface area contributed by atoms with Crippen molar-refractivity contribution in [3.63, 3.8) is 0 Å². The number of benzene rings is 1. The van der Waals surface area contributed by atoms with Crippen molar-refractivity contribution in [3.8, 4) is 0 Å². The van der Waals surface area contributed by atoms with Crippen molar-refractivity contribution in [3.05, 3.63) is 46.7 Å². The molecule has 0 aliphatic carbocycles. The fraction of sp³-hybridized carbons (Fsp3) is 0.250. The van der Waals surface area contributed by atoms with E-state index in [0.29, 0.717) is 0 Å². The SMILES string of the molecule is NC(CSc1ccc(F)cc1)Cc1nccs1. The van der Waals surface area contributed by atoms with E-state index in [-0.39, 0.29) is 11.9 Å². The number of nitrogens with two attached hydrogens (primary N) is 1. The van der Waals surface area contributed by atoms with Gasteiger partial charge in [0.1, 0.15) is 5.82 Å². The molecular weight excluding hydrogens is 255 g/mol. The van der Waals surface area contributed by atoms with Crippen LogP contribution < -0.4 is 5.73 Å². The highest BCUT2D eigenvalue weighted by Gasteiger charge is 2.06. The maximum atomic E-state index is 12.7. The number of hydrogen-bond acceptors (Lipinski definition) is 4. The van der Waals surface area contributed by atoms with Crippen molar-refractivity contribution < 1.29 is 4.39 Å². The largest absolute Gasteiger partial charge is 0.327 e. The zero-order chi connectivity index (χ0) is 12.1. The third kappa shape index (κ3) is 4.11. The molecule has 90 valence electrons. The number of thioether (sulfide) groups is 1. The molecule has 0 spiro atoms. The quantitative estimate of drug-likeness (QED) is 0.847. The van der Waals surface area contributed by atoms with Gasteiger partial charge in [-0.1, -0.05) is 0 Å². The first kappa shape index (κ1) is 12.5. The molecule has 1 unspecified atom stereocenters. The minimum atomic E-state index is -0.207. The van der Waals surface area contributed by atoms with Crippen LogP contribution in [0.15, 0.2) is 40.7 Å². The first-order valence-corrected chi connectivity index (χ1v) is 7.13. The molecule has 2 N–H and O–H groups in total. The van der Waals surface area contributed by atoms with E-state index in [1.54, 1.807) is 41.4 Å². The van der Waals surface area contributed by atoms with E-state index in [9.17, 15) is 4.39 Å². The van der Waals surface area contributed by atoms with Gasteiger partial charge in [0.15, 0.2) is 0 Å². The second kappa shape index (κ2) is 6.14. The number of thiazole rings is 1. The van der Waals surface area contributed by atoms with E-state index in [0.717, 1.165) is 22.1 Å². The Morgan fingerprint density at radius 2 is 2.12 bits per heavy atom. The maximum absolute atomic E-state index is 12.7. The van der Waals surface area contributed by atoms with Gasteiger partial charge in [-0.3, -0.25) is 0 Å². The van der Waals surface area contributed by atoms with E-state index >= 15 is 0 Å². The van der Waals surface area contributed by atoms with Crippen molar-refractivity contribution in [2.24, 2.45) is 5.73 Å². The Bertz CT molecular complexity index is 442. The summed E-state index contributed by atoms with van der Waals surface area (Å²) in [6.07, 6.45) is 2.59. The van der Waals surface area contributed by atoms with Gasteiger partial charge in [-0.25, -0.2) is 9.37 Å². The molecule has 0 saturated heterocycles. The first-order chi connectivity index (χ1) is 8.24. The van der Waals surface area contributed by atoms with Crippen LogP contribution >= 0.6 is 23.1 Å². The molecule has 0 fully saturated rings. The Morgan fingerprint density at radius 1 is 1.35 bits per heavy atom. The van der Waals surface area contributed by atoms with Crippen molar-refractivity contribution in [1.29, 1.82) is 0 Å². The Labute approximate surface area is 108 Å². The number of nitrogens with zero attached hydrogens (tertiary/aromatic N) is 1. The van der Waals surface area contributed by atoms with E-state index in [2.05, 4.69) is 4.98 Å². The summed E-state index contributed by atoms with van der Waals surface area (Å²) >= 11 is 3.27. The zero-order valence-electron chi connectivity index (χ0n) is 9.17. The molecule has 5 heteroatoms. The molecule has 2 rings (SSSR count). The fourth-order valence-electron chi connectivity index (χ4n) is 1.37. The van der Waals surface area contributed by atoms with Crippen LogP contribution in [-0.2, 0) is 6.42 Å². The second-order valence-corrected chi connectivity index (χ2v) is 5.73. The van der Waals surface area contributed by atoms with Gasteiger partial charge in [0, 0.05) is 34.7 Å². The fourth-order valence-corrected chi connectivity index (χ4v) is 2.93. The van der Waals surface area contributed by atoms with E-state index in [4.69, 9.17) is 5.73 Å². The van der Waals surface area contributed by atoms with Gasteiger partial charge in [0.05, 0.1) is 5.01 Å². The average molecular weight is 268 g/mol. The van der Waals surface area contributed by atoms with E-state index in [1.165, 1.54) is 12.1 Å². The summed E-state index contributed by atoms with van der Waals surface area (Å²) in [6, 6.07) is 6.56. The van der Waals surface area contributed by atoms with Crippen LogP contribution in [0.4, 0.5) is 4.39 Å². The summed E-state index contributed by atoms with van der Waals surface area (Å²) in [7, 11) is 0. The molecule has 2 nitrogen and oxygen atoms in total. The van der Waals surface area contributed by atoms with Crippen LogP contribution in [0.25, 0.3) is 0 Å². The van der Waals surface area contributed by atoms with Gasteiger partial charge < -0.3 is 5.73 Å². The monoisotopic (exact) mass is 268 g/mol. The molecule has 1 aromatic carbocycles. The van der Waals surface area contributed by atoms with Crippen molar-refractivity contribution >= 4 is 23.1 Å². The smallest absolute Gasteiger partial charge is 0.123 e. The highest BCUT2D eigenvalue weighted by atomic mass is 32.2. The molecule has 2 aromatic rings.